The molecule has 0 fully saturated rings. The van der Waals surface area contributed by atoms with Gasteiger partial charge in [0.2, 0.25) is 0 Å². The lowest BCUT2D eigenvalue weighted by molar-refractivity contribution is 0.761. The molecule has 4 heteroatoms. The van der Waals surface area contributed by atoms with Crippen molar-refractivity contribution in [2.24, 2.45) is 5.73 Å². The molecule has 0 atom stereocenters. The summed E-state index contributed by atoms with van der Waals surface area (Å²) in [5.41, 5.74) is 11.2. The molecule has 2 aromatic rings. The van der Waals surface area contributed by atoms with E-state index in [9.17, 15) is 0 Å². The predicted octanol–water partition coefficient (Wildman–Crippen LogP) is 3.95. The average molecular weight is 301 g/mol. The Hall–Kier alpha value is -1.39. The Morgan fingerprint density at radius 2 is 2.24 bits per heavy atom. The molecule has 0 bridgehead atoms. The van der Waals surface area contributed by atoms with E-state index in [0.29, 0.717) is 6.54 Å². The first-order chi connectivity index (χ1) is 10.2. The van der Waals surface area contributed by atoms with Crippen LogP contribution >= 0.6 is 11.3 Å². The van der Waals surface area contributed by atoms with Crippen molar-refractivity contribution in [3.63, 3.8) is 0 Å². The molecular formula is C17H23N3S. The standard InChI is InChI=1S/C17H23N3S/c1-3-5-14-16(11-18)21-17(19-14)20-9-4-6-13-10-12(2)7-8-15(13)20/h7-8,10H,3-6,9,11,18H2,1-2H3. The van der Waals surface area contributed by atoms with Crippen molar-refractivity contribution in [2.45, 2.75) is 46.1 Å². The number of thiazole rings is 1. The Morgan fingerprint density at radius 3 is 3.00 bits per heavy atom. The number of hydrogen-bond acceptors (Lipinski definition) is 4. The molecule has 2 heterocycles. The quantitative estimate of drug-likeness (QED) is 0.930. The van der Waals surface area contributed by atoms with Gasteiger partial charge in [-0.25, -0.2) is 4.98 Å². The van der Waals surface area contributed by atoms with Crippen LogP contribution in [-0.2, 0) is 19.4 Å². The van der Waals surface area contributed by atoms with Crippen LogP contribution < -0.4 is 10.6 Å². The number of fused-ring (bicyclic) bond motifs is 1. The fourth-order valence-electron chi connectivity index (χ4n) is 3.00. The summed E-state index contributed by atoms with van der Waals surface area (Å²) in [4.78, 5) is 8.50. The van der Waals surface area contributed by atoms with Crippen LogP contribution in [0.5, 0.6) is 0 Å². The van der Waals surface area contributed by atoms with Gasteiger partial charge in [0.1, 0.15) is 0 Å². The van der Waals surface area contributed by atoms with Gasteiger partial charge in [-0.2, -0.15) is 0 Å². The van der Waals surface area contributed by atoms with Crippen LogP contribution in [0.3, 0.4) is 0 Å². The van der Waals surface area contributed by atoms with E-state index in [4.69, 9.17) is 10.7 Å². The van der Waals surface area contributed by atoms with Crippen LogP contribution in [0.1, 0.15) is 41.5 Å². The zero-order valence-electron chi connectivity index (χ0n) is 12.9. The van der Waals surface area contributed by atoms with Gasteiger partial charge in [0, 0.05) is 23.7 Å². The van der Waals surface area contributed by atoms with Crippen molar-refractivity contribution in [3.05, 3.63) is 39.9 Å². The van der Waals surface area contributed by atoms with Crippen LogP contribution in [-0.4, -0.2) is 11.5 Å². The minimum atomic E-state index is 0.599. The zero-order valence-corrected chi connectivity index (χ0v) is 13.7. The third kappa shape index (κ3) is 2.83. The first-order valence-electron chi connectivity index (χ1n) is 7.78. The lowest BCUT2D eigenvalue weighted by atomic mass is 10.00. The summed E-state index contributed by atoms with van der Waals surface area (Å²) in [5.74, 6) is 0. The van der Waals surface area contributed by atoms with E-state index in [2.05, 4.69) is 36.9 Å². The van der Waals surface area contributed by atoms with Crippen molar-refractivity contribution in [2.75, 3.05) is 11.4 Å². The molecule has 0 unspecified atom stereocenters. The Labute approximate surface area is 130 Å². The number of aromatic nitrogens is 1. The molecule has 0 radical (unpaired) electrons. The molecular weight excluding hydrogens is 278 g/mol. The molecule has 0 aliphatic carbocycles. The Kier molecular flexibility index (Phi) is 4.27. The van der Waals surface area contributed by atoms with Crippen LogP contribution in [0.25, 0.3) is 0 Å². The fourth-order valence-corrected chi connectivity index (χ4v) is 4.03. The monoisotopic (exact) mass is 301 g/mol. The number of nitrogens with two attached hydrogens (primary N) is 1. The third-order valence-electron chi connectivity index (χ3n) is 4.02. The van der Waals surface area contributed by atoms with E-state index in [1.165, 1.54) is 40.2 Å². The van der Waals surface area contributed by atoms with E-state index >= 15 is 0 Å². The normalized spacial score (nSPS) is 14.3. The average Bonchev–Trinajstić information content (AvgIpc) is 2.89. The maximum Gasteiger partial charge on any atom is 0.190 e. The van der Waals surface area contributed by atoms with Crippen molar-refractivity contribution >= 4 is 22.2 Å². The summed E-state index contributed by atoms with van der Waals surface area (Å²) in [6.07, 6.45) is 4.51. The van der Waals surface area contributed by atoms with E-state index < -0.39 is 0 Å². The van der Waals surface area contributed by atoms with Gasteiger partial charge < -0.3 is 10.6 Å². The van der Waals surface area contributed by atoms with Crippen molar-refractivity contribution in [1.29, 1.82) is 0 Å². The summed E-state index contributed by atoms with van der Waals surface area (Å²) in [5, 5.41) is 1.11. The molecule has 1 aromatic heterocycles. The third-order valence-corrected chi connectivity index (χ3v) is 5.17. The summed E-state index contributed by atoms with van der Waals surface area (Å²) >= 11 is 1.76. The lowest BCUT2D eigenvalue weighted by Gasteiger charge is -2.29. The first-order valence-corrected chi connectivity index (χ1v) is 8.60. The molecule has 1 aliphatic rings. The van der Waals surface area contributed by atoms with Gasteiger partial charge in [0.15, 0.2) is 5.13 Å². The Balaban J connectivity index is 1.98. The smallest absolute Gasteiger partial charge is 0.190 e. The minimum absolute atomic E-state index is 0.599. The number of nitrogens with zero attached hydrogens (tertiary/aromatic N) is 2. The van der Waals surface area contributed by atoms with Crippen molar-refractivity contribution in [3.8, 4) is 0 Å². The summed E-state index contributed by atoms with van der Waals surface area (Å²) in [7, 11) is 0. The second-order valence-electron chi connectivity index (χ2n) is 5.71. The molecule has 0 spiro atoms. The summed E-state index contributed by atoms with van der Waals surface area (Å²) in [6.45, 7) is 6.01. The highest BCUT2D eigenvalue weighted by Gasteiger charge is 2.22. The van der Waals surface area contributed by atoms with Gasteiger partial charge in [-0.1, -0.05) is 42.4 Å². The molecule has 2 N–H and O–H groups in total. The van der Waals surface area contributed by atoms with Crippen LogP contribution in [0.4, 0.5) is 10.8 Å². The van der Waals surface area contributed by atoms with Crippen LogP contribution in [0.15, 0.2) is 18.2 Å². The molecule has 0 saturated carbocycles. The van der Waals surface area contributed by atoms with Gasteiger partial charge in [-0.3, -0.25) is 0 Å². The molecule has 1 aliphatic heterocycles. The number of rotatable bonds is 4. The Morgan fingerprint density at radius 1 is 1.38 bits per heavy atom. The highest BCUT2D eigenvalue weighted by atomic mass is 32.1. The molecule has 0 saturated heterocycles. The highest BCUT2D eigenvalue weighted by Crippen LogP contribution is 2.37. The van der Waals surface area contributed by atoms with Gasteiger partial charge in [0.05, 0.1) is 5.69 Å². The van der Waals surface area contributed by atoms with Crippen molar-refractivity contribution < 1.29 is 0 Å². The summed E-state index contributed by atoms with van der Waals surface area (Å²) < 4.78 is 0. The Bertz CT molecular complexity index is 633. The molecule has 1 aromatic carbocycles. The maximum absolute atomic E-state index is 5.89. The fraction of sp³-hybridized carbons (Fsp3) is 0.471. The van der Waals surface area contributed by atoms with Gasteiger partial charge in [-0.05, 0) is 37.8 Å². The topological polar surface area (TPSA) is 42.2 Å². The zero-order chi connectivity index (χ0) is 14.8. The molecule has 3 nitrogen and oxygen atoms in total. The lowest BCUT2D eigenvalue weighted by Crippen LogP contribution is -2.24. The van der Waals surface area contributed by atoms with Crippen LogP contribution in [0.2, 0.25) is 0 Å². The number of benzene rings is 1. The number of hydrogen-bond donors (Lipinski definition) is 1. The first kappa shape index (κ1) is 14.5. The highest BCUT2D eigenvalue weighted by molar-refractivity contribution is 7.15. The van der Waals surface area contributed by atoms with Gasteiger partial charge in [0.25, 0.3) is 0 Å². The van der Waals surface area contributed by atoms with E-state index in [1.54, 1.807) is 11.3 Å². The van der Waals surface area contributed by atoms with Crippen LogP contribution in [0, 0.1) is 6.92 Å². The predicted molar refractivity (Wildman–Crippen MR) is 90.5 cm³/mol. The molecule has 112 valence electrons. The van der Waals surface area contributed by atoms with E-state index in [1.807, 2.05) is 0 Å². The molecule has 0 amide bonds. The number of aryl methyl sites for hydroxylation is 3. The van der Waals surface area contributed by atoms with Gasteiger partial charge >= 0.3 is 0 Å². The molecule has 3 rings (SSSR count). The maximum atomic E-state index is 5.89. The van der Waals surface area contributed by atoms with Crippen molar-refractivity contribution in [1.82, 2.24) is 4.98 Å². The van der Waals surface area contributed by atoms with Gasteiger partial charge in [-0.15, -0.1) is 0 Å². The summed E-state index contributed by atoms with van der Waals surface area (Å²) in [6, 6.07) is 6.75. The largest absolute Gasteiger partial charge is 0.326 e. The SMILES string of the molecule is CCCc1nc(N2CCCc3cc(C)ccc32)sc1CN. The second kappa shape index (κ2) is 6.16. The minimum Gasteiger partial charge on any atom is -0.326 e. The second-order valence-corrected chi connectivity index (χ2v) is 6.77. The van der Waals surface area contributed by atoms with E-state index in [-0.39, 0.29) is 0 Å². The molecule has 21 heavy (non-hydrogen) atoms. The van der Waals surface area contributed by atoms with E-state index in [0.717, 1.165) is 24.5 Å². The number of anilines is 2.